The summed E-state index contributed by atoms with van der Waals surface area (Å²) in [5.41, 5.74) is 0.345. The van der Waals surface area contributed by atoms with Gasteiger partial charge < -0.3 is 5.32 Å². The first-order chi connectivity index (χ1) is 8.05. The highest BCUT2D eigenvalue weighted by Gasteiger charge is 2.37. The first-order valence-corrected chi connectivity index (χ1v) is 7.29. The molecule has 0 radical (unpaired) electrons. The predicted octanol–water partition coefficient (Wildman–Crippen LogP) is 1.54. The zero-order valence-electron chi connectivity index (χ0n) is 12.0. The monoisotopic (exact) mass is 239 g/mol. The van der Waals surface area contributed by atoms with Crippen LogP contribution in [-0.2, 0) is 0 Å². The summed E-state index contributed by atoms with van der Waals surface area (Å²) in [6, 6.07) is 1.57. The lowest BCUT2D eigenvalue weighted by atomic mass is 10.0. The molecule has 0 spiro atoms. The SMILES string of the molecule is CCN(CC)C1CCN(C2CNC(C)(C)C2)C1. The fraction of sp³-hybridized carbons (Fsp3) is 1.00. The Morgan fingerprint density at radius 2 is 2.00 bits per heavy atom. The summed E-state index contributed by atoms with van der Waals surface area (Å²) in [5.74, 6) is 0. The van der Waals surface area contributed by atoms with Gasteiger partial charge in [0.2, 0.25) is 0 Å². The third-order valence-electron chi connectivity index (χ3n) is 4.60. The van der Waals surface area contributed by atoms with Gasteiger partial charge in [0.15, 0.2) is 0 Å². The van der Waals surface area contributed by atoms with E-state index in [4.69, 9.17) is 0 Å². The Morgan fingerprint density at radius 1 is 1.29 bits per heavy atom. The Balaban J connectivity index is 1.86. The van der Waals surface area contributed by atoms with Crippen molar-refractivity contribution in [2.75, 3.05) is 32.7 Å². The zero-order chi connectivity index (χ0) is 12.5. The molecule has 0 aromatic carbocycles. The molecule has 2 heterocycles. The van der Waals surface area contributed by atoms with E-state index < -0.39 is 0 Å². The number of nitrogens with zero attached hydrogens (tertiary/aromatic N) is 2. The predicted molar refractivity (Wildman–Crippen MR) is 73.4 cm³/mol. The van der Waals surface area contributed by atoms with Gasteiger partial charge in [0.25, 0.3) is 0 Å². The molecule has 17 heavy (non-hydrogen) atoms. The zero-order valence-corrected chi connectivity index (χ0v) is 12.0. The summed E-state index contributed by atoms with van der Waals surface area (Å²) in [6.07, 6.45) is 2.66. The number of hydrogen-bond acceptors (Lipinski definition) is 3. The van der Waals surface area contributed by atoms with Gasteiger partial charge in [-0.1, -0.05) is 13.8 Å². The first kappa shape index (κ1) is 13.3. The average molecular weight is 239 g/mol. The fourth-order valence-electron chi connectivity index (χ4n) is 3.52. The van der Waals surface area contributed by atoms with Crippen LogP contribution in [0.1, 0.15) is 40.5 Å². The summed E-state index contributed by atoms with van der Waals surface area (Å²) >= 11 is 0. The minimum absolute atomic E-state index is 0.345. The topological polar surface area (TPSA) is 18.5 Å². The normalized spacial score (nSPS) is 33.7. The van der Waals surface area contributed by atoms with Gasteiger partial charge in [-0.15, -0.1) is 0 Å². The van der Waals surface area contributed by atoms with E-state index in [0.29, 0.717) is 5.54 Å². The summed E-state index contributed by atoms with van der Waals surface area (Å²) in [7, 11) is 0. The Labute approximate surface area is 107 Å². The van der Waals surface area contributed by atoms with Crippen LogP contribution in [-0.4, -0.2) is 60.1 Å². The molecule has 2 fully saturated rings. The third kappa shape index (κ3) is 3.01. The minimum atomic E-state index is 0.345. The lowest BCUT2D eigenvalue weighted by molar-refractivity contribution is 0.190. The van der Waals surface area contributed by atoms with Crippen molar-refractivity contribution in [3.8, 4) is 0 Å². The van der Waals surface area contributed by atoms with Gasteiger partial charge in [-0.2, -0.15) is 0 Å². The molecule has 0 amide bonds. The second-order valence-electron chi connectivity index (χ2n) is 6.28. The molecule has 2 aliphatic heterocycles. The lowest BCUT2D eigenvalue weighted by Gasteiger charge is -2.28. The maximum atomic E-state index is 3.64. The van der Waals surface area contributed by atoms with Gasteiger partial charge >= 0.3 is 0 Å². The summed E-state index contributed by atoms with van der Waals surface area (Å²) in [5, 5.41) is 3.64. The molecule has 0 bridgehead atoms. The van der Waals surface area contributed by atoms with Gasteiger partial charge in [0.1, 0.15) is 0 Å². The van der Waals surface area contributed by atoms with E-state index in [0.717, 1.165) is 12.1 Å². The van der Waals surface area contributed by atoms with Gasteiger partial charge in [-0.3, -0.25) is 9.80 Å². The number of hydrogen-bond donors (Lipinski definition) is 1. The third-order valence-corrected chi connectivity index (χ3v) is 4.60. The molecular formula is C14H29N3. The van der Waals surface area contributed by atoms with Crippen LogP contribution >= 0.6 is 0 Å². The number of nitrogens with one attached hydrogen (secondary N) is 1. The van der Waals surface area contributed by atoms with Gasteiger partial charge in [0.05, 0.1) is 0 Å². The van der Waals surface area contributed by atoms with Crippen molar-refractivity contribution >= 4 is 0 Å². The van der Waals surface area contributed by atoms with E-state index in [9.17, 15) is 0 Å². The second kappa shape index (κ2) is 5.25. The van der Waals surface area contributed by atoms with Crippen molar-refractivity contribution < 1.29 is 0 Å². The average Bonchev–Trinajstić information content (AvgIpc) is 2.87. The van der Waals surface area contributed by atoms with Gasteiger partial charge in [0, 0.05) is 37.3 Å². The molecule has 0 aliphatic carbocycles. The van der Waals surface area contributed by atoms with E-state index in [1.165, 1.54) is 45.6 Å². The molecule has 0 aromatic heterocycles. The van der Waals surface area contributed by atoms with Crippen LogP contribution in [0.25, 0.3) is 0 Å². The van der Waals surface area contributed by atoms with Gasteiger partial charge in [-0.05, 0) is 39.8 Å². The second-order valence-corrected chi connectivity index (χ2v) is 6.28. The molecule has 0 aromatic rings. The molecule has 2 unspecified atom stereocenters. The van der Waals surface area contributed by atoms with Crippen LogP contribution in [0.2, 0.25) is 0 Å². The van der Waals surface area contributed by atoms with Crippen molar-refractivity contribution in [1.82, 2.24) is 15.1 Å². The number of likely N-dealkylation sites (N-methyl/N-ethyl adjacent to an activating group) is 1. The summed E-state index contributed by atoms with van der Waals surface area (Å²) < 4.78 is 0. The highest BCUT2D eigenvalue weighted by molar-refractivity contribution is 4.97. The molecule has 2 saturated heterocycles. The van der Waals surface area contributed by atoms with E-state index in [2.05, 4.69) is 42.8 Å². The molecular weight excluding hydrogens is 210 g/mol. The molecule has 3 heteroatoms. The summed E-state index contributed by atoms with van der Waals surface area (Å²) in [6.45, 7) is 15.4. The Hall–Kier alpha value is -0.120. The van der Waals surface area contributed by atoms with E-state index in [-0.39, 0.29) is 0 Å². The highest BCUT2D eigenvalue weighted by Crippen LogP contribution is 2.26. The standard InChI is InChI=1S/C14H29N3/c1-5-16(6-2)12-7-8-17(11-12)13-9-14(3,4)15-10-13/h12-13,15H,5-11H2,1-4H3. The maximum Gasteiger partial charge on any atom is 0.0238 e. The highest BCUT2D eigenvalue weighted by atomic mass is 15.3. The fourth-order valence-corrected chi connectivity index (χ4v) is 3.52. The molecule has 2 atom stereocenters. The number of likely N-dealkylation sites (tertiary alicyclic amines) is 1. The van der Waals surface area contributed by atoms with E-state index in [1.807, 2.05) is 0 Å². The lowest BCUT2D eigenvalue weighted by Crippen LogP contribution is -2.40. The van der Waals surface area contributed by atoms with E-state index >= 15 is 0 Å². The molecule has 100 valence electrons. The smallest absolute Gasteiger partial charge is 0.0238 e. The molecule has 3 nitrogen and oxygen atoms in total. The largest absolute Gasteiger partial charge is 0.310 e. The maximum absolute atomic E-state index is 3.64. The van der Waals surface area contributed by atoms with Crippen LogP contribution in [0.3, 0.4) is 0 Å². The molecule has 2 aliphatic rings. The van der Waals surface area contributed by atoms with Crippen LogP contribution < -0.4 is 5.32 Å². The van der Waals surface area contributed by atoms with E-state index in [1.54, 1.807) is 0 Å². The van der Waals surface area contributed by atoms with Crippen LogP contribution in [0.15, 0.2) is 0 Å². The van der Waals surface area contributed by atoms with Gasteiger partial charge in [-0.25, -0.2) is 0 Å². The minimum Gasteiger partial charge on any atom is -0.310 e. The van der Waals surface area contributed by atoms with Crippen LogP contribution in [0, 0.1) is 0 Å². The quantitative estimate of drug-likeness (QED) is 0.803. The number of rotatable bonds is 4. The molecule has 0 saturated carbocycles. The Morgan fingerprint density at radius 3 is 2.53 bits per heavy atom. The summed E-state index contributed by atoms with van der Waals surface area (Å²) in [4.78, 5) is 5.33. The van der Waals surface area contributed by atoms with Crippen molar-refractivity contribution in [3.05, 3.63) is 0 Å². The first-order valence-electron chi connectivity index (χ1n) is 7.29. The van der Waals surface area contributed by atoms with Crippen molar-refractivity contribution in [2.45, 2.75) is 58.2 Å². The Kier molecular flexibility index (Phi) is 4.11. The Bertz CT molecular complexity index is 248. The van der Waals surface area contributed by atoms with Crippen molar-refractivity contribution in [1.29, 1.82) is 0 Å². The van der Waals surface area contributed by atoms with Crippen LogP contribution in [0.4, 0.5) is 0 Å². The molecule has 1 N–H and O–H groups in total. The van der Waals surface area contributed by atoms with Crippen molar-refractivity contribution in [2.24, 2.45) is 0 Å². The van der Waals surface area contributed by atoms with Crippen LogP contribution in [0.5, 0.6) is 0 Å². The molecule has 2 rings (SSSR count). The van der Waals surface area contributed by atoms with Crippen molar-refractivity contribution in [3.63, 3.8) is 0 Å².